The molecular formula is C20H21ClN6O3S. The molecule has 1 N–H and O–H groups in total. The second-order valence-electron chi connectivity index (χ2n) is 6.88. The quantitative estimate of drug-likeness (QED) is 0.399. The molecule has 0 aliphatic rings. The van der Waals surface area contributed by atoms with E-state index >= 15 is 0 Å². The molecule has 0 spiro atoms. The van der Waals surface area contributed by atoms with Crippen molar-refractivity contribution >= 4 is 34.5 Å². The van der Waals surface area contributed by atoms with Crippen LogP contribution < -0.4 is 11.2 Å². The minimum Gasteiger partial charge on any atom is -0.411 e. The third kappa shape index (κ3) is 4.31. The molecule has 11 heteroatoms. The molecular weight excluding hydrogens is 440 g/mol. The lowest BCUT2D eigenvalue weighted by Crippen LogP contribution is -2.31. The molecule has 3 heterocycles. The van der Waals surface area contributed by atoms with Crippen molar-refractivity contribution < 1.29 is 4.42 Å². The summed E-state index contributed by atoms with van der Waals surface area (Å²) in [5.74, 6) is 1.44. The van der Waals surface area contributed by atoms with E-state index in [1.165, 1.54) is 16.3 Å². The minimum atomic E-state index is -0.436. The summed E-state index contributed by atoms with van der Waals surface area (Å²) in [5, 5.41) is 9.12. The number of nitrogens with zero attached hydrogens (tertiary/aromatic N) is 5. The van der Waals surface area contributed by atoms with Crippen LogP contribution in [0.5, 0.6) is 0 Å². The zero-order chi connectivity index (χ0) is 22.0. The maximum absolute atomic E-state index is 12.5. The predicted octanol–water partition coefficient (Wildman–Crippen LogP) is 3.70. The van der Waals surface area contributed by atoms with E-state index in [1.54, 1.807) is 12.1 Å². The van der Waals surface area contributed by atoms with Crippen molar-refractivity contribution in [2.24, 2.45) is 0 Å². The number of fused-ring (bicyclic) bond motifs is 1. The molecule has 0 saturated carbocycles. The molecule has 0 bridgehead atoms. The Morgan fingerprint density at radius 3 is 2.77 bits per heavy atom. The van der Waals surface area contributed by atoms with E-state index in [0.717, 1.165) is 18.4 Å². The topological polar surface area (TPSA) is 112 Å². The number of imidazole rings is 1. The molecule has 0 aliphatic carbocycles. The average molecular weight is 461 g/mol. The second kappa shape index (κ2) is 9.11. The molecule has 0 saturated heterocycles. The van der Waals surface area contributed by atoms with Crippen molar-refractivity contribution in [2.45, 2.75) is 50.8 Å². The average Bonchev–Trinajstić information content (AvgIpc) is 3.37. The van der Waals surface area contributed by atoms with Gasteiger partial charge in [0.15, 0.2) is 11.2 Å². The number of H-pyrrole nitrogens is 1. The van der Waals surface area contributed by atoms with E-state index in [0.29, 0.717) is 52.0 Å². The first kappa shape index (κ1) is 21.4. The van der Waals surface area contributed by atoms with Crippen LogP contribution in [0.15, 0.2) is 43.5 Å². The molecule has 4 aromatic rings. The summed E-state index contributed by atoms with van der Waals surface area (Å²) in [6.07, 6.45) is 1.74. The largest absolute Gasteiger partial charge is 0.411 e. The molecule has 162 valence electrons. The van der Waals surface area contributed by atoms with E-state index in [1.807, 2.05) is 30.5 Å². The maximum Gasteiger partial charge on any atom is 0.330 e. The Morgan fingerprint density at radius 1 is 1.19 bits per heavy atom. The lowest BCUT2D eigenvalue weighted by Gasteiger charge is -2.06. The number of benzene rings is 1. The number of nitrogens with one attached hydrogen (secondary N) is 1. The molecule has 0 fully saturated rings. The van der Waals surface area contributed by atoms with Crippen molar-refractivity contribution in [3.8, 4) is 11.5 Å². The van der Waals surface area contributed by atoms with Gasteiger partial charge < -0.3 is 8.98 Å². The molecule has 0 unspecified atom stereocenters. The van der Waals surface area contributed by atoms with Crippen LogP contribution in [-0.2, 0) is 18.8 Å². The van der Waals surface area contributed by atoms with Crippen LogP contribution in [0.2, 0.25) is 5.02 Å². The van der Waals surface area contributed by atoms with E-state index < -0.39 is 11.2 Å². The van der Waals surface area contributed by atoms with Gasteiger partial charge in [0.2, 0.25) is 5.89 Å². The summed E-state index contributed by atoms with van der Waals surface area (Å²) in [6.45, 7) is 5.02. The normalized spacial score (nSPS) is 11.5. The SMILES string of the molecule is CCCCn1c(=O)[nH]c(=O)c2c1nc(CSc1nnc(-c3cccc(Cl)c3)o1)n2CC. The number of unbranched alkanes of at least 4 members (excludes halogenated alkanes) is 1. The third-order valence-electron chi connectivity index (χ3n) is 4.82. The molecule has 1 aromatic carbocycles. The van der Waals surface area contributed by atoms with Crippen LogP contribution in [0, 0.1) is 0 Å². The highest BCUT2D eigenvalue weighted by Crippen LogP contribution is 2.27. The third-order valence-corrected chi connectivity index (χ3v) is 5.87. The lowest BCUT2D eigenvalue weighted by molar-refractivity contribution is 0.465. The zero-order valence-electron chi connectivity index (χ0n) is 17.1. The number of hydrogen-bond donors (Lipinski definition) is 1. The molecule has 4 rings (SSSR count). The van der Waals surface area contributed by atoms with E-state index in [2.05, 4.69) is 20.2 Å². The Bertz CT molecular complexity index is 1340. The summed E-state index contributed by atoms with van der Waals surface area (Å²) < 4.78 is 9.08. The van der Waals surface area contributed by atoms with Crippen molar-refractivity contribution in [1.82, 2.24) is 29.3 Å². The highest BCUT2D eigenvalue weighted by molar-refractivity contribution is 7.98. The standard InChI is InChI=1S/C20H21ClN6O3S/c1-3-5-9-27-16-15(17(28)23-19(27)29)26(4-2)14(22-16)11-31-20-25-24-18(30-20)12-7-6-8-13(21)10-12/h6-8,10H,3-5,9,11H2,1-2H3,(H,23,28,29). The molecule has 0 amide bonds. The molecule has 0 aliphatic heterocycles. The number of aryl methyl sites for hydroxylation is 2. The summed E-state index contributed by atoms with van der Waals surface area (Å²) >= 11 is 7.34. The van der Waals surface area contributed by atoms with Crippen molar-refractivity contribution in [2.75, 3.05) is 0 Å². The molecule has 31 heavy (non-hydrogen) atoms. The number of aromatic amines is 1. The van der Waals surface area contributed by atoms with Gasteiger partial charge >= 0.3 is 5.69 Å². The van der Waals surface area contributed by atoms with Crippen LogP contribution in [0.3, 0.4) is 0 Å². The second-order valence-corrected chi connectivity index (χ2v) is 8.24. The van der Waals surface area contributed by atoms with Crippen molar-refractivity contribution in [1.29, 1.82) is 0 Å². The van der Waals surface area contributed by atoms with Gasteiger partial charge in [0.1, 0.15) is 5.82 Å². The Labute approximate surface area is 186 Å². The number of rotatable bonds is 8. The Hall–Kier alpha value is -2.85. The summed E-state index contributed by atoms with van der Waals surface area (Å²) in [6, 6.07) is 7.18. The van der Waals surface area contributed by atoms with Gasteiger partial charge in [-0.3, -0.25) is 14.3 Å². The fraction of sp³-hybridized carbons (Fsp3) is 0.350. The Balaban J connectivity index is 1.64. The van der Waals surface area contributed by atoms with Gasteiger partial charge in [-0.2, -0.15) is 0 Å². The first-order chi connectivity index (χ1) is 15.0. The zero-order valence-corrected chi connectivity index (χ0v) is 18.7. The van der Waals surface area contributed by atoms with Gasteiger partial charge in [-0.25, -0.2) is 9.78 Å². The maximum atomic E-state index is 12.5. The van der Waals surface area contributed by atoms with Crippen LogP contribution in [0.1, 0.15) is 32.5 Å². The van der Waals surface area contributed by atoms with Crippen molar-refractivity contribution in [3.63, 3.8) is 0 Å². The number of hydrogen-bond acceptors (Lipinski definition) is 7. The fourth-order valence-electron chi connectivity index (χ4n) is 3.32. The van der Waals surface area contributed by atoms with Crippen LogP contribution in [0.25, 0.3) is 22.6 Å². The number of halogens is 1. The van der Waals surface area contributed by atoms with E-state index in [9.17, 15) is 9.59 Å². The predicted molar refractivity (Wildman–Crippen MR) is 120 cm³/mol. The van der Waals surface area contributed by atoms with Crippen LogP contribution in [0.4, 0.5) is 0 Å². The highest BCUT2D eigenvalue weighted by Gasteiger charge is 2.19. The smallest absolute Gasteiger partial charge is 0.330 e. The van der Waals surface area contributed by atoms with Gasteiger partial charge in [-0.05, 0) is 31.5 Å². The molecule has 3 aromatic heterocycles. The Kier molecular flexibility index (Phi) is 6.28. The molecule has 0 atom stereocenters. The van der Waals surface area contributed by atoms with E-state index in [4.69, 9.17) is 16.0 Å². The van der Waals surface area contributed by atoms with Gasteiger partial charge in [0.05, 0.1) is 5.75 Å². The molecule has 0 radical (unpaired) electrons. The number of thioether (sulfide) groups is 1. The van der Waals surface area contributed by atoms with E-state index in [-0.39, 0.29) is 0 Å². The summed E-state index contributed by atoms with van der Waals surface area (Å²) in [5.41, 5.74) is 0.677. The van der Waals surface area contributed by atoms with Gasteiger partial charge in [0, 0.05) is 23.7 Å². The first-order valence-corrected chi connectivity index (χ1v) is 11.3. The Morgan fingerprint density at radius 2 is 2.03 bits per heavy atom. The number of aromatic nitrogens is 6. The summed E-state index contributed by atoms with van der Waals surface area (Å²) in [4.78, 5) is 31.9. The first-order valence-electron chi connectivity index (χ1n) is 9.96. The van der Waals surface area contributed by atoms with Crippen molar-refractivity contribution in [3.05, 3.63) is 56.0 Å². The van der Waals surface area contributed by atoms with Gasteiger partial charge in [-0.1, -0.05) is 42.8 Å². The summed E-state index contributed by atoms with van der Waals surface area (Å²) in [7, 11) is 0. The van der Waals surface area contributed by atoms with Gasteiger partial charge in [-0.15, -0.1) is 10.2 Å². The molecule has 9 nitrogen and oxygen atoms in total. The lowest BCUT2D eigenvalue weighted by atomic mass is 10.2. The van der Waals surface area contributed by atoms with Gasteiger partial charge in [0.25, 0.3) is 10.8 Å². The minimum absolute atomic E-state index is 0.374. The monoisotopic (exact) mass is 460 g/mol. The fourth-order valence-corrected chi connectivity index (χ4v) is 4.22. The van der Waals surface area contributed by atoms with Crippen LogP contribution >= 0.6 is 23.4 Å². The van der Waals surface area contributed by atoms with Crippen LogP contribution in [-0.4, -0.2) is 29.3 Å². The highest BCUT2D eigenvalue weighted by atomic mass is 35.5.